The third-order valence-corrected chi connectivity index (χ3v) is 6.16. The van der Waals surface area contributed by atoms with Gasteiger partial charge < -0.3 is 10.4 Å². The molecule has 2 unspecified atom stereocenters. The van der Waals surface area contributed by atoms with E-state index < -0.39 is 5.97 Å². The molecular formula is C26H31N2O2+. The molecule has 3 N–H and O–H groups in total. The fourth-order valence-corrected chi connectivity index (χ4v) is 4.62. The summed E-state index contributed by atoms with van der Waals surface area (Å²) in [6.45, 7) is 2.86. The van der Waals surface area contributed by atoms with E-state index in [9.17, 15) is 4.79 Å². The van der Waals surface area contributed by atoms with Crippen LogP contribution in [0.5, 0.6) is 0 Å². The largest absolute Gasteiger partial charge is 0.481 e. The van der Waals surface area contributed by atoms with E-state index in [-0.39, 0.29) is 6.42 Å². The van der Waals surface area contributed by atoms with E-state index in [2.05, 4.69) is 83.0 Å². The number of aliphatic carboxylic acids is 1. The number of rotatable bonds is 8. The van der Waals surface area contributed by atoms with Crippen molar-refractivity contribution in [1.29, 1.82) is 0 Å². The predicted octanol–water partition coefficient (Wildman–Crippen LogP) is 3.63. The summed E-state index contributed by atoms with van der Waals surface area (Å²) >= 11 is 0. The normalized spacial score (nSPS) is 19.7. The van der Waals surface area contributed by atoms with Gasteiger partial charge in [0, 0.05) is 18.4 Å². The summed E-state index contributed by atoms with van der Waals surface area (Å²) in [6, 6.07) is 26.9. The molecule has 0 radical (unpaired) electrons. The van der Waals surface area contributed by atoms with Crippen LogP contribution in [0.4, 0.5) is 0 Å². The predicted molar refractivity (Wildman–Crippen MR) is 120 cm³/mol. The Morgan fingerprint density at radius 3 is 2.53 bits per heavy atom. The lowest BCUT2D eigenvalue weighted by Crippen LogP contribution is -2.96. The quantitative estimate of drug-likeness (QED) is 0.604. The van der Waals surface area contributed by atoms with E-state index in [4.69, 9.17) is 5.11 Å². The highest BCUT2D eigenvalue weighted by atomic mass is 16.4. The fourth-order valence-electron chi connectivity index (χ4n) is 4.62. The first-order valence-electron chi connectivity index (χ1n) is 11.0. The van der Waals surface area contributed by atoms with Crippen LogP contribution >= 0.6 is 0 Å². The van der Waals surface area contributed by atoms with Gasteiger partial charge >= 0.3 is 5.97 Å². The summed E-state index contributed by atoms with van der Waals surface area (Å²) in [6.07, 6.45) is 3.15. The number of carboxylic acid groups (broad SMARTS) is 1. The molecule has 1 aliphatic rings. The molecule has 2 atom stereocenters. The van der Waals surface area contributed by atoms with Crippen molar-refractivity contribution in [1.82, 2.24) is 4.90 Å². The summed E-state index contributed by atoms with van der Waals surface area (Å²) < 4.78 is 0. The second-order valence-corrected chi connectivity index (χ2v) is 8.45. The number of carboxylic acids is 1. The average molecular weight is 404 g/mol. The molecule has 3 aromatic carbocycles. The molecule has 4 nitrogen and oxygen atoms in total. The molecule has 4 rings (SSSR count). The van der Waals surface area contributed by atoms with Gasteiger partial charge in [0.2, 0.25) is 0 Å². The minimum atomic E-state index is -0.703. The Bertz CT molecular complexity index is 973. The zero-order valence-electron chi connectivity index (χ0n) is 17.4. The third-order valence-electron chi connectivity index (χ3n) is 6.16. The van der Waals surface area contributed by atoms with Crippen molar-refractivity contribution < 1.29 is 15.2 Å². The number of fused-ring (bicyclic) bond motifs is 1. The molecule has 30 heavy (non-hydrogen) atoms. The summed E-state index contributed by atoms with van der Waals surface area (Å²) in [7, 11) is 0. The first-order valence-corrected chi connectivity index (χ1v) is 11.0. The molecule has 1 aliphatic heterocycles. The third kappa shape index (κ3) is 5.47. The lowest BCUT2D eigenvalue weighted by molar-refractivity contribution is -0.737. The number of piperazine rings is 1. The van der Waals surface area contributed by atoms with Gasteiger partial charge in [-0.05, 0) is 35.7 Å². The molecule has 0 spiro atoms. The standard InChI is InChI=1S/C26H30N2O2/c29-26(30)11-6-16-28-18-24(27-25(19-28)22-8-2-1-3-9-22)15-13-20-12-14-21-7-4-5-10-23(21)17-20/h1-5,7-10,12,14,17,24-25,27H,6,11,13,15-16,18-19H2,(H,29,30)/p+1. The van der Waals surface area contributed by atoms with Crippen LogP contribution in [0.2, 0.25) is 0 Å². The lowest BCUT2D eigenvalue weighted by atomic mass is 9.97. The van der Waals surface area contributed by atoms with E-state index in [1.807, 2.05) is 0 Å². The Labute approximate surface area is 178 Å². The lowest BCUT2D eigenvalue weighted by Gasteiger charge is -2.36. The topological polar surface area (TPSA) is 57.1 Å². The van der Waals surface area contributed by atoms with E-state index in [0.29, 0.717) is 18.5 Å². The number of hydrogen-bond acceptors (Lipinski definition) is 2. The van der Waals surface area contributed by atoms with Crippen LogP contribution in [-0.2, 0) is 11.2 Å². The molecule has 0 aliphatic carbocycles. The molecule has 156 valence electrons. The maximum atomic E-state index is 10.9. The Morgan fingerprint density at radius 1 is 0.967 bits per heavy atom. The van der Waals surface area contributed by atoms with Gasteiger partial charge in [0.05, 0.1) is 19.1 Å². The van der Waals surface area contributed by atoms with E-state index in [1.165, 1.54) is 21.9 Å². The number of nitrogens with zero attached hydrogens (tertiary/aromatic N) is 1. The van der Waals surface area contributed by atoms with Crippen molar-refractivity contribution >= 4 is 16.7 Å². The number of nitrogens with two attached hydrogens (primary N) is 1. The van der Waals surface area contributed by atoms with Crippen LogP contribution < -0.4 is 5.32 Å². The van der Waals surface area contributed by atoms with Crippen LogP contribution in [-0.4, -0.2) is 41.7 Å². The number of carbonyl (C=O) groups is 1. The molecule has 4 heteroatoms. The van der Waals surface area contributed by atoms with Crippen molar-refractivity contribution in [2.75, 3.05) is 19.6 Å². The highest BCUT2D eigenvalue weighted by Crippen LogP contribution is 2.19. The molecule has 0 bridgehead atoms. The minimum Gasteiger partial charge on any atom is -0.481 e. The maximum absolute atomic E-state index is 10.9. The summed E-state index contributed by atoms with van der Waals surface area (Å²) in [5, 5.41) is 14.1. The first-order chi connectivity index (χ1) is 14.7. The molecule has 0 saturated carbocycles. The van der Waals surface area contributed by atoms with E-state index in [0.717, 1.165) is 32.5 Å². The van der Waals surface area contributed by atoms with E-state index in [1.54, 1.807) is 0 Å². The van der Waals surface area contributed by atoms with Crippen molar-refractivity contribution in [2.45, 2.75) is 37.8 Å². The average Bonchev–Trinajstić information content (AvgIpc) is 2.78. The van der Waals surface area contributed by atoms with Gasteiger partial charge in [0.25, 0.3) is 0 Å². The van der Waals surface area contributed by atoms with Crippen molar-refractivity contribution in [3.05, 3.63) is 83.9 Å². The van der Waals surface area contributed by atoms with Crippen LogP contribution in [0.1, 0.15) is 36.4 Å². The van der Waals surface area contributed by atoms with Gasteiger partial charge in [0.15, 0.2) is 0 Å². The number of benzene rings is 3. The number of hydrogen-bond donors (Lipinski definition) is 2. The number of aryl methyl sites for hydroxylation is 1. The Balaban J connectivity index is 1.42. The van der Waals surface area contributed by atoms with E-state index >= 15 is 0 Å². The zero-order chi connectivity index (χ0) is 20.8. The van der Waals surface area contributed by atoms with Gasteiger partial charge in [-0.2, -0.15) is 0 Å². The second-order valence-electron chi connectivity index (χ2n) is 8.45. The maximum Gasteiger partial charge on any atom is 0.303 e. The summed E-state index contributed by atoms with van der Waals surface area (Å²) in [4.78, 5) is 13.4. The molecule has 0 amide bonds. The Morgan fingerprint density at radius 2 is 1.73 bits per heavy atom. The van der Waals surface area contributed by atoms with Gasteiger partial charge in [-0.1, -0.05) is 72.8 Å². The molecule has 3 aromatic rings. The van der Waals surface area contributed by atoms with Crippen LogP contribution in [0, 0.1) is 0 Å². The molecule has 1 saturated heterocycles. The van der Waals surface area contributed by atoms with Crippen LogP contribution in [0.25, 0.3) is 10.8 Å². The molecule has 1 fully saturated rings. The van der Waals surface area contributed by atoms with Crippen molar-refractivity contribution in [3.63, 3.8) is 0 Å². The Kier molecular flexibility index (Phi) is 6.77. The summed E-state index contributed by atoms with van der Waals surface area (Å²) in [5.74, 6) is -0.703. The fraction of sp³-hybridized carbons (Fsp3) is 0.346. The number of quaternary nitrogens is 1. The highest BCUT2D eigenvalue weighted by molar-refractivity contribution is 5.82. The minimum absolute atomic E-state index is 0.248. The molecule has 1 heterocycles. The molecule has 0 aromatic heterocycles. The first kappa shape index (κ1) is 20.6. The van der Waals surface area contributed by atoms with Gasteiger partial charge in [-0.15, -0.1) is 0 Å². The van der Waals surface area contributed by atoms with Gasteiger partial charge in [0.1, 0.15) is 6.04 Å². The van der Waals surface area contributed by atoms with Crippen LogP contribution in [0.15, 0.2) is 72.8 Å². The highest BCUT2D eigenvalue weighted by Gasteiger charge is 2.30. The van der Waals surface area contributed by atoms with Crippen molar-refractivity contribution in [2.24, 2.45) is 0 Å². The molecular weight excluding hydrogens is 372 g/mol. The van der Waals surface area contributed by atoms with Crippen LogP contribution in [0.3, 0.4) is 0 Å². The van der Waals surface area contributed by atoms with Gasteiger partial charge in [-0.3, -0.25) is 9.69 Å². The monoisotopic (exact) mass is 403 g/mol. The van der Waals surface area contributed by atoms with Crippen molar-refractivity contribution in [3.8, 4) is 0 Å². The van der Waals surface area contributed by atoms with Gasteiger partial charge in [-0.25, -0.2) is 0 Å². The zero-order valence-corrected chi connectivity index (χ0v) is 17.4. The summed E-state index contributed by atoms with van der Waals surface area (Å²) in [5.41, 5.74) is 2.75. The smallest absolute Gasteiger partial charge is 0.303 e. The SMILES string of the molecule is O=C(O)CCCN1CC(CCc2ccc3ccccc3c2)[NH2+]C(c2ccccc2)C1. The second kappa shape index (κ2) is 9.88. The Hall–Kier alpha value is -2.69.